The van der Waals surface area contributed by atoms with Crippen LogP contribution >= 0.6 is 0 Å². The number of hydrogen-bond donors (Lipinski definition) is 9. The van der Waals surface area contributed by atoms with Crippen LogP contribution in [-0.4, -0.2) is 81.9 Å². The van der Waals surface area contributed by atoms with Gasteiger partial charge in [0.1, 0.15) is 18.1 Å². The SMILES string of the molecule is NCCCCC(N)C(=O)NC(Cc1cnc[nH]1)C(=O)NC(CCCCN)C(=O)NC(CC(N)=O)C(=O)O. The maximum absolute atomic E-state index is 13.2. The molecule has 0 fully saturated rings. The quantitative estimate of drug-likeness (QED) is 0.0823. The molecule has 1 aromatic rings. The minimum absolute atomic E-state index is 0.0314. The number of carboxylic acid groups (broad SMARTS) is 1. The highest BCUT2D eigenvalue weighted by molar-refractivity contribution is 5.95. The summed E-state index contributed by atoms with van der Waals surface area (Å²) < 4.78 is 0. The minimum Gasteiger partial charge on any atom is -0.480 e. The number of unbranched alkanes of at least 4 members (excludes halogenated alkanes) is 2. The monoisotopic (exact) mass is 525 g/mol. The van der Waals surface area contributed by atoms with Gasteiger partial charge < -0.3 is 49.0 Å². The lowest BCUT2D eigenvalue weighted by Gasteiger charge is -2.25. The molecule has 15 heteroatoms. The van der Waals surface area contributed by atoms with Crippen LogP contribution in [-0.2, 0) is 30.4 Å². The third kappa shape index (κ3) is 12.3. The molecule has 4 amide bonds. The molecule has 0 aliphatic rings. The van der Waals surface area contributed by atoms with Crippen LogP contribution in [0.1, 0.15) is 50.6 Å². The number of hydrogen-bond acceptors (Lipinski definition) is 9. The van der Waals surface area contributed by atoms with E-state index in [4.69, 9.17) is 22.9 Å². The molecular formula is C22H39N9O6. The van der Waals surface area contributed by atoms with Gasteiger partial charge in [0, 0.05) is 18.3 Å². The van der Waals surface area contributed by atoms with E-state index in [0.717, 1.165) is 0 Å². The maximum Gasteiger partial charge on any atom is 0.326 e. The first kappa shape index (κ1) is 31.5. The van der Waals surface area contributed by atoms with Gasteiger partial charge in [-0.2, -0.15) is 0 Å². The van der Waals surface area contributed by atoms with Gasteiger partial charge in [-0.25, -0.2) is 9.78 Å². The van der Waals surface area contributed by atoms with Crippen LogP contribution in [0.4, 0.5) is 0 Å². The van der Waals surface area contributed by atoms with E-state index in [-0.39, 0.29) is 12.8 Å². The van der Waals surface area contributed by atoms with E-state index in [9.17, 15) is 29.1 Å². The van der Waals surface area contributed by atoms with Crippen LogP contribution < -0.4 is 38.9 Å². The lowest BCUT2D eigenvalue weighted by molar-refractivity contribution is -0.143. The van der Waals surface area contributed by atoms with Crippen molar-refractivity contribution in [2.45, 2.75) is 75.5 Å². The van der Waals surface area contributed by atoms with Crippen LogP contribution in [0, 0.1) is 0 Å². The van der Waals surface area contributed by atoms with E-state index in [2.05, 4.69) is 25.9 Å². The third-order valence-corrected chi connectivity index (χ3v) is 5.52. The van der Waals surface area contributed by atoms with E-state index in [1.807, 2.05) is 0 Å². The van der Waals surface area contributed by atoms with Crippen molar-refractivity contribution < 1.29 is 29.1 Å². The molecule has 1 heterocycles. The summed E-state index contributed by atoms with van der Waals surface area (Å²) in [5.41, 5.74) is 22.6. The molecule has 0 saturated heterocycles. The molecule has 13 N–H and O–H groups in total. The van der Waals surface area contributed by atoms with Crippen molar-refractivity contribution >= 4 is 29.6 Å². The second-order valence-electron chi connectivity index (χ2n) is 8.65. The van der Waals surface area contributed by atoms with Crippen molar-refractivity contribution in [1.29, 1.82) is 0 Å². The standard InChI is InChI=1S/C22H39N9O6/c23-7-3-1-5-14(25)19(33)30-16(9-13-11-27-12-28-13)21(35)29-15(6-2-4-8-24)20(34)31-17(22(36)37)10-18(26)32/h11-12,14-17H,1-10,23-25H2,(H2,26,32)(H,27,28)(H,29,35)(H,30,33)(H,31,34)(H,36,37). The molecule has 0 saturated carbocycles. The average molecular weight is 526 g/mol. The van der Waals surface area contributed by atoms with Gasteiger partial charge >= 0.3 is 5.97 Å². The van der Waals surface area contributed by atoms with E-state index in [1.54, 1.807) is 0 Å². The zero-order valence-electron chi connectivity index (χ0n) is 20.8. The molecule has 1 aromatic heterocycles. The van der Waals surface area contributed by atoms with Gasteiger partial charge in [-0.1, -0.05) is 6.42 Å². The fourth-order valence-electron chi connectivity index (χ4n) is 3.45. The first-order chi connectivity index (χ1) is 17.6. The van der Waals surface area contributed by atoms with Crippen LogP contribution in [0.5, 0.6) is 0 Å². The van der Waals surface area contributed by atoms with Gasteiger partial charge in [-0.05, 0) is 45.2 Å². The first-order valence-electron chi connectivity index (χ1n) is 12.1. The number of carbonyl (C=O) groups is 5. The number of carboxylic acids is 1. The predicted molar refractivity (Wildman–Crippen MR) is 133 cm³/mol. The number of H-pyrrole nitrogens is 1. The highest BCUT2D eigenvalue weighted by Gasteiger charge is 2.31. The second-order valence-corrected chi connectivity index (χ2v) is 8.65. The van der Waals surface area contributed by atoms with Crippen LogP contribution in [0.3, 0.4) is 0 Å². The van der Waals surface area contributed by atoms with Crippen LogP contribution in [0.2, 0.25) is 0 Å². The predicted octanol–water partition coefficient (Wildman–Crippen LogP) is -3.05. The molecule has 0 bridgehead atoms. The zero-order valence-corrected chi connectivity index (χ0v) is 20.8. The lowest BCUT2D eigenvalue weighted by atomic mass is 10.0. The van der Waals surface area contributed by atoms with Crippen LogP contribution in [0.15, 0.2) is 12.5 Å². The van der Waals surface area contributed by atoms with Crippen molar-refractivity contribution in [1.82, 2.24) is 25.9 Å². The van der Waals surface area contributed by atoms with E-state index in [1.165, 1.54) is 12.5 Å². The molecule has 0 aliphatic carbocycles. The molecule has 15 nitrogen and oxygen atoms in total. The Bertz CT molecular complexity index is 880. The smallest absolute Gasteiger partial charge is 0.326 e. The second kappa shape index (κ2) is 17.0. The Morgan fingerprint density at radius 1 is 0.865 bits per heavy atom. The minimum atomic E-state index is -1.56. The van der Waals surface area contributed by atoms with E-state index in [0.29, 0.717) is 50.9 Å². The summed E-state index contributed by atoms with van der Waals surface area (Å²) >= 11 is 0. The highest BCUT2D eigenvalue weighted by Crippen LogP contribution is 2.07. The molecule has 1 rings (SSSR count). The van der Waals surface area contributed by atoms with Gasteiger partial charge in [-0.15, -0.1) is 0 Å². The summed E-state index contributed by atoms with van der Waals surface area (Å²) in [6, 6.07) is -4.70. The Balaban J connectivity index is 3.02. The van der Waals surface area contributed by atoms with Gasteiger partial charge in [0.25, 0.3) is 0 Å². The molecule has 0 spiro atoms. The summed E-state index contributed by atoms with van der Waals surface area (Å²) in [5, 5.41) is 16.7. The summed E-state index contributed by atoms with van der Waals surface area (Å²) in [7, 11) is 0. The number of nitrogens with one attached hydrogen (secondary N) is 4. The number of imidazole rings is 1. The largest absolute Gasteiger partial charge is 0.480 e. The maximum atomic E-state index is 13.2. The van der Waals surface area contributed by atoms with E-state index < -0.39 is 60.2 Å². The average Bonchev–Trinajstić information content (AvgIpc) is 3.35. The van der Waals surface area contributed by atoms with Gasteiger partial charge in [-0.3, -0.25) is 19.2 Å². The van der Waals surface area contributed by atoms with Crippen molar-refractivity contribution in [3.63, 3.8) is 0 Å². The number of aromatic nitrogens is 2. The number of nitrogens with two attached hydrogens (primary N) is 4. The number of primary amides is 1. The fourth-order valence-corrected chi connectivity index (χ4v) is 3.45. The Morgan fingerprint density at radius 3 is 1.97 bits per heavy atom. The van der Waals surface area contributed by atoms with Crippen molar-refractivity contribution in [3.8, 4) is 0 Å². The Hall–Kier alpha value is -3.56. The molecular weight excluding hydrogens is 486 g/mol. The molecule has 4 unspecified atom stereocenters. The van der Waals surface area contributed by atoms with Crippen LogP contribution in [0.25, 0.3) is 0 Å². The number of carbonyl (C=O) groups excluding carboxylic acids is 4. The molecule has 4 atom stereocenters. The molecule has 0 aromatic carbocycles. The highest BCUT2D eigenvalue weighted by atomic mass is 16.4. The number of amides is 4. The number of aromatic amines is 1. The Morgan fingerprint density at radius 2 is 1.43 bits per heavy atom. The Kier molecular flexibility index (Phi) is 14.5. The lowest BCUT2D eigenvalue weighted by Crippen LogP contribution is -2.57. The zero-order chi connectivity index (χ0) is 27.8. The third-order valence-electron chi connectivity index (χ3n) is 5.52. The molecule has 0 radical (unpaired) electrons. The normalized spacial score (nSPS) is 14.1. The number of nitrogens with zero attached hydrogens (tertiary/aromatic N) is 1. The van der Waals surface area contributed by atoms with Crippen molar-refractivity contribution in [2.24, 2.45) is 22.9 Å². The van der Waals surface area contributed by atoms with Gasteiger partial charge in [0.05, 0.1) is 18.8 Å². The summed E-state index contributed by atoms with van der Waals surface area (Å²) in [4.78, 5) is 68.1. The summed E-state index contributed by atoms with van der Waals surface area (Å²) in [6.07, 6.45) is 5.17. The summed E-state index contributed by atoms with van der Waals surface area (Å²) in [6.45, 7) is 0.817. The molecule has 37 heavy (non-hydrogen) atoms. The van der Waals surface area contributed by atoms with Gasteiger partial charge in [0.15, 0.2) is 0 Å². The van der Waals surface area contributed by atoms with Crippen molar-refractivity contribution in [2.75, 3.05) is 13.1 Å². The Labute approximate surface area is 214 Å². The van der Waals surface area contributed by atoms with E-state index >= 15 is 0 Å². The van der Waals surface area contributed by atoms with Crippen molar-refractivity contribution in [3.05, 3.63) is 18.2 Å². The fraction of sp³-hybridized carbons (Fsp3) is 0.636. The topological polar surface area (TPSA) is 274 Å². The first-order valence-corrected chi connectivity index (χ1v) is 12.1. The van der Waals surface area contributed by atoms with Gasteiger partial charge in [0.2, 0.25) is 23.6 Å². The number of aliphatic carboxylic acids is 1. The summed E-state index contributed by atoms with van der Waals surface area (Å²) in [5.74, 6) is -4.42. The number of rotatable bonds is 19. The molecule has 0 aliphatic heterocycles. The molecule has 208 valence electrons.